The minimum Gasteiger partial charge on any atom is -0.490 e. The van der Waals surface area contributed by atoms with Crippen LogP contribution in [0.3, 0.4) is 0 Å². The summed E-state index contributed by atoms with van der Waals surface area (Å²) in [5.41, 5.74) is 0.833. The Morgan fingerprint density at radius 3 is 2.95 bits per heavy atom. The summed E-state index contributed by atoms with van der Waals surface area (Å²) in [5.74, 6) is 6.49. The topological polar surface area (TPSA) is 38.7 Å². The number of ether oxygens (including phenoxy) is 2. The first-order valence-corrected chi connectivity index (χ1v) is 7.24. The first-order chi connectivity index (χ1) is 10.4. The molecule has 0 aromatic heterocycles. The van der Waals surface area contributed by atoms with Crippen LogP contribution in [0.1, 0.15) is 18.4 Å². The van der Waals surface area contributed by atoms with Gasteiger partial charge in [-0.05, 0) is 24.3 Å². The van der Waals surface area contributed by atoms with E-state index in [1.807, 2.05) is 36.4 Å². The highest BCUT2D eigenvalue weighted by molar-refractivity contribution is 5.90. The summed E-state index contributed by atoms with van der Waals surface area (Å²) >= 11 is 0. The number of hydrogen-bond donors (Lipinski definition) is 1. The van der Waals surface area contributed by atoms with Crippen molar-refractivity contribution in [2.45, 2.75) is 18.9 Å². The van der Waals surface area contributed by atoms with Gasteiger partial charge in [-0.2, -0.15) is 0 Å². The molecule has 0 aliphatic carbocycles. The Bertz CT molecular complexity index is 676. The molecular formula is C18H18O3. The van der Waals surface area contributed by atoms with Gasteiger partial charge in [0.25, 0.3) is 0 Å². The summed E-state index contributed by atoms with van der Waals surface area (Å²) in [6.45, 7) is 1.21. The molecule has 0 saturated carbocycles. The van der Waals surface area contributed by atoms with Gasteiger partial charge in [0.1, 0.15) is 19.0 Å². The Morgan fingerprint density at radius 2 is 2.14 bits per heavy atom. The van der Waals surface area contributed by atoms with Crippen LogP contribution in [0.5, 0.6) is 5.75 Å². The van der Waals surface area contributed by atoms with Crippen LogP contribution < -0.4 is 4.74 Å². The highest BCUT2D eigenvalue weighted by atomic mass is 16.5. The molecule has 2 aromatic rings. The maximum absolute atomic E-state index is 8.96. The number of aliphatic hydroxyl groups is 1. The molecule has 1 heterocycles. The molecule has 1 aliphatic rings. The standard InChI is InChI=1S/C18H18O3/c19-11-3-8-17-16-7-2-1-5-14(16)9-10-18(17)21-13-15-6-4-12-20-15/h1-2,5,7,9-10,15,19H,4,6,11-13H2. The molecule has 1 fully saturated rings. The number of fused-ring (bicyclic) bond motifs is 1. The molecular weight excluding hydrogens is 264 g/mol. The van der Waals surface area contributed by atoms with Gasteiger partial charge >= 0.3 is 0 Å². The smallest absolute Gasteiger partial charge is 0.135 e. The summed E-state index contributed by atoms with van der Waals surface area (Å²) in [4.78, 5) is 0. The van der Waals surface area contributed by atoms with Crippen molar-refractivity contribution in [1.82, 2.24) is 0 Å². The summed E-state index contributed by atoms with van der Waals surface area (Å²) in [5, 5.41) is 11.1. The molecule has 3 heteroatoms. The summed E-state index contributed by atoms with van der Waals surface area (Å²) in [6, 6.07) is 12.0. The summed E-state index contributed by atoms with van der Waals surface area (Å²) in [6.07, 6.45) is 2.32. The highest BCUT2D eigenvalue weighted by Gasteiger charge is 2.17. The van der Waals surface area contributed by atoms with Crippen LogP contribution in [0.15, 0.2) is 36.4 Å². The fraction of sp³-hybridized carbons (Fsp3) is 0.333. The maximum atomic E-state index is 8.96. The number of rotatable bonds is 3. The van der Waals surface area contributed by atoms with E-state index >= 15 is 0 Å². The van der Waals surface area contributed by atoms with Crippen LogP contribution >= 0.6 is 0 Å². The van der Waals surface area contributed by atoms with Gasteiger partial charge in [-0.1, -0.05) is 42.2 Å². The lowest BCUT2D eigenvalue weighted by Crippen LogP contribution is -2.16. The van der Waals surface area contributed by atoms with E-state index in [1.54, 1.807) is 0 Å². The van der Waals surface area contributed by atoms with Gasteiger partial charge in [-0.3, -0.25) is 0 Å². The van der Waals surface area contributed by atoms with Crippen molar-refractivity contribution in [3.05, 3.63) is 42.0 Å². The van der Waals surface area contributed by atoms with Crippen LogP contribution in [0.25, 0.3) is 10.8 Å². The Kier molecular flexibility index (Phi) is 4.40. The molecule has 21 heavy (non-hydrogen) atoms. The van der Waals surface area contributed by atoms with E-state index in [0.29, 0.717) is 6.61 Å². The second-order valence-corrected chi connectivity index (χ2v) is 5.07. The molecule has 0 spiro atoms. The summed E-state index contributed by atoms with van der Waals surface area (Å²) in [7, 11) is 0. The van der Waals surface area contributed by atoms with Crippen LogP contribution in [0.4, 0.5) is 0 Å². The fourth-order valence-corrected chi connectivity index (χ4v) is 2.59. The maximum Gasteiger partial charge on any atom is 0.135 e. The van der Waals surface area contributed by atoms with Crippen LogP contribution in [-0.4, -0.2) is 31.0 Å². The Morgan fingerprint density at radius 1 is 1.24 bits per heavy atom. The van der Waals surface area contributed by atoms with Crippen molar-refractivity contribution in [1.29, 1.82) is 0 Å². The molecule has 3 nitrogen and oxygen atoms in total. The van der Waals surface area contributed by atoms with Gasteiger partial charge in [-0.15, -0.1) is 0 Å². The predicted octanol–water partition coefficient (Wildman–Crippen LogP) is 2.74. The lowest BCUT2D eigenvalue weighted by Gasteiger charge is -2.14. The third kappa shape index (κ3) is 3.18. The van der Waals surface area contributed by atoms with Gasteiger partial charge < -0.3 is 14.6 Å². The molecule has 1 unspecified atom stereocenters. The molecule has 1 aliphatic heterocycles. The van der Waals surface area contributed by atoms with E-state index in [-0.39, 0.29) is 12.7 Å². The monoisotopic (exact) mass is 282 g/mol. The lowest BCUT2D eigenvalue weighted by molar-refractivity contribution is 0.0679. The van der Waals surface area contributed by atoms with Crippen molar-refractivity contribution < 1.29 is 14.6 Å². The van der Waals surface area contributed by atoms with Crippen molar-refractivity contribution >= 4 is 10.8 Å². The van der Waals surface area contributed by atoms with Crippen molar-refractivity contribution in [2.75, 3.05) is 19.8 Å². The molecule has 0 amide bonds. The number of hydrogen-bond acceptors (Lipinski definition) is 3. The van der Waals surface area contributed by atoms with Gasteiger partial charge in [0.2, 0.25) is 0 Å². The van der Waals surface area contributed by atoms with E-state index in [9.17, 15) is 0 Å². The third-order valence-corrected chi connectivity index (χ3v) is 3.63. The highest BCUT2D eigenvalue weighted by Crippen LogP contribution is 2.28. The fourth-order valence-electron chi connectivity index (χ4n) is 2.59. The van der Waals surface area contributed by atoms with Crippen LogP contribution in [-0.2, 0) is 4.74 Å². The predicted molar refractivity (Wildman–Crippen MR) is 82.4 cm³/mol. The van der Waals surface area contributed by atoms with E-state index in [4.69, 9.17) is 14.6 Å². The largest absolute Gasteiger partial charge is 0.490 e. The van der Waals surface area contributed by atoms with Gasteiger partial charge in [0, 0.05) is 12.0 Å². The van der Waals surface area contributed by atoms with E-state index in [1.165, 1.54) is 0 Å². The first kappa shape index (κ1) is 13.9. The van der Waals surface area contributed by atoms with E-state index < -0.39 is 0 Å². The Labute approximate surface area is 124 Å². The number of benzene rings is 2. The zero-order valence-electron chi connectivity index (χ0n) is 11.8. The SMILES string of the molecule is OCC#Cc1c(OCC2CCCO2)ccc2ccccc12. The second kappa shape index (κ2) is 6.62. The number of aliphatic hydroxyl groups excluding tert-OH is 1. The molecule has 0 bridgehead atoms. The average molecular weight is 282 g/mol. The molecule has 0 radical (unpaired) electrons. The van der Waals surface area contributed by atoms with Crippen LogP contribution in [0.2, 0.25) is 0 Å². The zero-order chi connectivity index (χ0) is 14.5. The molecule has 1 atom stereocenters. The quantitative estimate of drug-likeness (QED) is 0.880. The Hall–Kier alpha value is -2.02. The molecule has 1 saturated heterocycles. The first-order valence-electron chi connectivity index (χ1n) is 7.24. The zero-order valence-corrected chi connectivity index (χ0v) is 11.8. The minimum atomic E-state index is -0.158. The van der Waals surface area contributed by atoms with Crippen molar-refractivity contribution in [3.63, 3.8) is 0 Å². The van der Waals surface area contributed by atoms with Gasteiger partial charge in [-0.25, -0.2) is 0 Å². The third-order valence-electron chi connectivity index (χ3n) is 3.63. The molecule has 108 valence electrons. The van der Waals surface area contributed by atoms with Gasteiger partial charge in [0.05, 0.1) is 11.7 Å². The van der Waals surface area contributed by atoms with Crippen molar-refractivity contribution in [2.24, 2.45) is 0 Å². The molecule has 2 aromatic carbocycles. The summed E-state index contributed by atoms with van der Waals surface area (Å²) < 4.78 is 11.5. The lowest BCUT2D eigenvalue weighted by atomic mass is 10.0. The minimum absolute atomic E-state index is 0.158. The van der Waals surface area contributed by atoms with Gasteiger partial charge in [0.15, 0.2) is 0 Å². The molecule has 1 N–H and O–H groups in total. The average Bonchev–Trinajstić information content (AvgIpc) is 3.04. The normalized spacial score (nSPS) is 17.5. The van der Waals surface area contributed by atoms with Crippen molar-refractivity contribution in [3.8, 4) is 17.6 Å². The van der Waals surface area contributed by atoms with E-state index in [2.05, 4.69) is 11.8 Å². The molecule has 3 rings (SSSR count). The van der Waals surface area contributed by atoms with E-state index in [0.717, 1.165) is 41.5 Å². The van der Waals surface area contributed by atoms with Crippen LogP contribution in [0, 0.1) is 11.8 Å². The second-order valence-electron chi connectivity index (χ2n) is 5.07. The Balaban J connectivity index is 1.92.